The first-order valence-electron chi connectivity index (χ1n) is 7.14. The highest BCUT2D eigenvalue weighted by Gasteiger charge is 2.28. The van der Waals surface area contributed by atoms with Crippen molar-refractivity contribution >= 4 is 5.69 Å². The summed E-state index contributed by atoms with van der Waals surface area (Å²) >= 11 is 0. The molecule has 0 bridgehead atoms. The standard InChI is InChI=1S/C15H19N3O3/c16-10-12-5-6-13(18(19)20)14(9-12)21-11-15(17)7-3-1-2-4-8-15/h5-6,9H,1-4,7-8,11,17H2. The topological polar surface area (TPSA) is 102 Å². The van der Waals surface area contributed by atoms with E-state index in [9.17, 15) is 10.1 Å². The lowest BCUT2D eigenvalue weighted by Gasteiger charge is -2.27. The molecule has 0 unspecified atom stereocenters. The van der Waals surface area contributed by atoms with Gasteiger partial charge in [-0.15, -0.1) is 0 Å². The first-order valence-corrected chi connectivity index (χ1v) is 7.14. The number of nitrogens with zero attached hydrogens (tertiary/aromatic N) is 2. The van der Waals surface area contributed by atoms with Gasteiger partial charge in [0.15, 0.2) is 5.75 Å². The highest BCUT2D eigenvalue weighted by atomic mass is 16.6. The molecule has 0 radical (unpaired) electrons. The molecule has 6 nitrogen and oxygen atoms in total. The molecule has 0 aliphatic heterocycles. The van der Waals surface area contributed by atoms with Crippen molar-refractivity contribution in [1.82, 2.24) is 0 Å². The van der Waals surface area contributed by atoms with Crippen molar-refractivity contribution in [3.63, 3.8) is 0 Å². The Morgan fingerprint density at radius 1 is 1.33 bits per heavy atom. The van der Waals surface area contributed by atoms with Crippen LogP contribution in [0, 0.1) is 21.4 Å². The van der Waals surface area contributed by atoms with Crippen LogP contribution in [0.25, 0.3) is 0 Å². The molecular weight excluding hydrogens is 270 g/mol. The first-order chi connectivity index (χ1) is 10.0. The van der Waals surface area contributed by atoms with Crippen molar-refractivity contribution in [2.45, 2.75) is 44.1 Å². The number of nitriles is 1. The van der Waals surface area contributed by atoms with Crippen LogP contribution in [0.1, 0.15) is 44.1 Å². The molecule has 1 fully saturated rings. The van der Waals surface area contributed by atoms with Gasteiger partial charge in [0.1, 0.15) is 6.61 Å². The van der Waals surface area contributed by atoms with Crippen molar-refractivity contribution < 1.29 is 9.66 Å². The van der Waals surface area contributed by atoms with Crippen molar-refractivity contribution in [1.29, 1.82) is 5.26 Å². The molecule has 1 aromatic rings. The maximum absolute atomic E-state index is 11.0. The fraction of sp³-hybridized carbons (Fsp3) is 0.533. The Labute approximate surface area is 123 Å². The van der Waals surface area contributed by atoms with Crippen LogP contribution in [-0.2, 0) is 0 Å². The molecule has 0 heterocycles. The molecule has 0 saturated heterocycles. The van der Waals surface area contributed by atoms with E-state index in [0.717, 1.165) is 25.7 Å². The average Bonchev–Trinajstić information content (AvgIpc) is 2.70. The third-order valence-corrected chi connectivity index (χ3v) is 3.90. The summed E-state index contributed by atoms with van der Waals surface area (Å²) in [5.74, 6) is 0.119. The van der Waals surface area contributed by atoms with Gasteiger partial charge in [-0.2, -0.15) is 5.26 Å². The predicted molar refractivity (Wildman–Crippen MR) is 77.9 cm³/mol. The number of ether oxygens (including phenoxy) is 1. The molecule has 0 atom stereocenters. The summed E-state index contributed by atoms with van der Waals surface area (Å²) in [7, 11) is 0. The molecule has 2 N–H and O–H groups in total. The highest BCUT2D eigenvalue weighted by Crippen LogP contribution is 2.31. The Kier molecular flexibility index (Phi) is 4.76. The second-order valence-electron chi connectivity index (χ2n) is 5.62. The SMILES string of the molecule is N#Cc1ccc([N+](=O)[O-])c(OCC2(N)CCCCCC2)c1. The molecule has 1 aliphatic carbocycles. The Bertz CT molecular complexity index is 558. The molecule has 1 saturated carbocycles. The van der Waals surface area contributed by atoms with E-state index in [1.54, 1.807) is 0 Å². The fourth-order valence-electron chi connectivity index (χ4n) is 2.65. The van der Waals surface area contributed by atoms with Gasteiger partial charge >= 0.3 is 5.69 Å². The van der Waals surface area contributed by atoms with E-state index in [-0.39, 0.29) is 18.0 Å². The Balaban J connectivity index is 2.14. The van der Waals surface area contributed by atoms with E-state index in [0.29, 0.717) is 5.56 Å². The Morgan fingerprint density at radius 3 is 2.57 bits per heavy atom. The number of hydrogen-bond donors (Lipinski definition) is 1. The lowest BCUT2D eigenvalue weighted by atomic mass is 9.92. The number of nitrogens with two attached hydrogens (primary N) is 1. The van der Waals surface area contributed by atoms with Gasteiger partial charge in [0.25, 0.3) is 0 Å². The second-order valence-corrected chi connectivity index (χ2v) is 5.62. The van der Waals surface area contributed by atoms with Gasteiger partial charge < -0.3 is 10.5 Å². The molecule has 112 valence electrons. The smallest absolute Gasteiger partial charge is 0.311 e. The molecule has 1 aromatic carbocycles. The zero-order chi connectivity index (χ0) is 15.3. The van der Waals surface area contributed by atoms with Crippen molar-refractivity contribution in [3.8, 4) is 11.8 Å². The van der Waals surface area contributed by atoms with Gasteiger partial charge in [-0.1, -0.05) is 25.7 Å². The summed E-state index contributed by atoms with van der Waals surface area (Å²) in [5.41, 5.74) is 6.11. The van der Waals surface area contributed by atoms with E-state index in [1.807, 2.05) is 6.07 Å². The van der Waals surface area contributed by atoms with Crippen LogP contribution in [0.5, 0.6) is 5.75 Å². The quantitative estimate of drug-likeness (QED) is 0.521. The lowest BCUT2D eigenvalue weighted by molar-refractivity contribution is -0.385. The van der Waals surface area contributed by atoms with E-state index >= 15 is 0 Å². The molecule has 2 rings (SSSR count). The number of benzene rings is 1. The zero-order valence-electron chi connectivity index (χ0n) is 11.9. The summed E-state index contributed by atoms with van der Waals surface area (Å²) in [6, 6.07) is 6.07. The summed E-state index contributed by atoms with van der Waals surface area (Å²) in [5, 5.41) is 19.9. The van der Waals surface area contributed by atoms with Crippen LogP contribution in [-0.4, -0.2) is 17.1 Å². The minimum absolute atomic E-state index is 0.119. The van der Waals surface area contributed by atoms with Gasteiger partial charge in [-0.25, -0.2) is 0 Å². The van der Waals surface area contributed by atoms with Crippen LogP contribution in [0.4, 0.5) is 5.69 Å². The Hall–Kier alpha value is -2.13. The van der Waals surface area contributed by atoms with Gasteiger partial charge in [-0.05, 0) is 18.9 Å². The third-order valence-electron chi connectivity index (χ3n) is 3.90. The van der Waals surface area contributed by atoms with Crippen LogP contribution in [0.15, 0.2) is 18.2 Å². The van der Waals surface area contributed by atoms with Crippen molar-refractivity contribution in [2.24, 2.45) is 5.73 Å². The maximum Gasteiger partial charge on any atom is 0.311 e. The molecular formula is C15H19N3O3. The molecule has 0 amide bonds. The number of rotatable bonds is 4. The van der Waals surface area contributed by atoms with E-state index in [2.05, 4.69) is 0 Å². The van der Waals surface area contributed by atoms with Gasteiger partial charge in [-0.3, -0.25) is 10.1 Å². The van der Waals surface area contributed by atoms with Crippen molar-refractivity contribution in [2.75, 3.05) is 6.61 Å². The number of nitro groups is 1. The molecule has 6 heteroatoms. The summed E-state index contributed by atoms with van der Waals surface area (Å²) in [6.45, 7) is 0.239. The number of hydrogen-bond acceptors (Lipinski definition) is 5. The normalized spacial score (nSPS) is 17.5. The first kappa shape index (κ1) is 15.3. The molecule has 1 aliphatic rings. The number of nitro benzene ring substituents is 1. The van der Waals surface area contributed by atoms with Crippen LogP contribution < -0.4 is 10.5 Å². The summed E-state index contributed by atoms with van der Waals surface area (Å²) < 4.78 is 5.62. The second kappa shape index (κ2) is 6.55. The Morgan fingerprint density at radius 2 is 2.00 bits per heavy atom. The van der Waals surface area contributed by atoms with Crippen LogP contribution >= 0.6 is 0 Å². The molecule has 0 aromatic heterocycles. The monoisotopic (exact) mass is 289 g/mol. The van der Waals surface area contributed by atoms with Gasteiger partial charge in [0.2, 0.25) is 0 Å². The van der Waals surface area contributed by atoms with E-state index in [4.69, 9.17) is 15.7 Å². The highest BCUT2D eigenvalue weighted by molar-refractivity contribution is 5.51. The average molecular weight is 289 g/mol. The van der Waals surface area contributed by atoms with E-state index < -0.39 is 10.5 Å². The van der Waals surface area contributed by atoms with Gasteiger partial charge in [0, 0.05) is 12.1 Å². The molecule has 0 spiro atoms. The predicted octanol–water partition coefficient (Wildman–Crippen LogP) is 2.90. The largest absolute Gasteiger partial charge is 0.485 e. The fourth-order valence-corrected chi connectivity index (χ4v) is 2.65. The van der Waals surface area contributed by atoms with Crippen LogP contribution in [0.2, 0.25) is 0 Å². The zero-order valence-corrected chi connectivity index (χ0v) is 11.9. The van der Waals surface area contributed by atoms with Crippen molar-refractivity contribution in [3.05, 3.63) is 33.9 Å². The molecule has 21 heavy (non-hydrogen) atoms. The van der Waals surface area contributed by atoms with Crippen LogP contribution in [0.3, 0.4) is 0 Å². The minimum Gasteiger partial charge on any atom is -0.485 e. The maximum atomic E-state index is 11.0. The third kappa shape index (κ3) is 3.92. The summed E-state index contributed by atoms with van der Waals surface area (Å²) in [4.78, 5) is 10.5. The van der Waals surface area contributed by atoms with Gasteiger partial charge in [0.05, 0.1) is 22.1 Å². The minimum atomic E-state index is -0.507. The van der Waals surface area contributed by atoms with E-state index in [1.165, 1.54) is 31.0 Å². The summed E-state index contributed by atoms with van der Waals surface area (Å²) in [6.07, 6.45) is 6.17. The lowest BCUT2D eigenvalue weighted by Crippen LogP contribution is -2.45.